The van der Waals surface area contributed by atoms with Gasteiger partial charge in [0.2, 0.25) is 11.6 Å². The minimum absolute atomic E-state index is 0.567. The van der Waals surface area contributed by atoms with Crippen molar-refractivity contribution in [3.63, 3.8) is 0 Å². The van der Waals surface area contributed by atoms with Gasteiger partial charge in [-0.15, -0.1) is 0 Å². The van der Waals surface area contributed by atoms with Crippen LogP contribution in [0.2, 0.25) is 0 Å². The summed E-state index contributed by atoms with van der Waals surface area (Å²) in [4.78, 5) is 13.3. The maximum atomic E-state index is 11.8. The molecule has 0 saturated heterocycles. The molecular weight excluding hydrogens is 177 g/mol. The SMILES string of the molecule is CC(=O)c1noc(C(F)(F)F)n1. The molecular formula is C5H3F3N2O2. The fourth-order valence-electron chi connectivity index (χ4n) is 0.482. The van der Waals surface area contributed by atoms with Gasteiger partial charge in [0.15, 0.2) is 0 Å². The summed E-state index contributed by atoms with van der Waals surface area (Å²) >= 11 is 0. The molecule has 0 aliphatic carbocycles. The Bertz CT molecular complexity index is 304. The Labute approximate surface area is 64.4 Å². The van der Waals surface area contributed by atoms with E-state index in [4.69, 9.17) is 0 Å². The number of halogens is 3. The van der Waals surface area contributed by atoms with Crippen molar-refractivity contribution in [1.82, 2.24) is 10.1 Å². The van der Waals surface area contributed by atoms with Crippen molar-refractivity contribution in [2.45, 2.75) is 13.1 Å². The number of rotatable bonds is 1. The molecule has 0 atom stereocenters. The van der Waals surface area contributed by atoms with E-state index in [-0.39, 0.29) is 0 Å². The highest BCUT2D eigenvalue weighted by Gasteiger charge is 2.38. The van der Waals surface area contributed by atoms with Crippen LogP contribution in [0.15, 0.2) is 4.52 Å². The molecule has 0 unspecified atom stereocenters. The number of nitrogens with zero attached hydrogens (tertiary/aromatic N) is 2. The van der Waals surface area contributed by atoms with Crippen molar-refractivity contribution in [1.29, 1.82) is 0 Å². The second-order valence-electron chi connectivity index (χ2n) is 1.98. The lowest BCUT2D eigenvalue weighted by Gasteiger charge is -1.95. The van der Waals surface area contributed by atoms with Crippen LogP contribution in [0.1, 0.15) is 23.4 Å². The maximum absolute atomic E-state index is 11.8. The summed E-state index contributed by atoms with van der Waals surface area (Å²) in [5, 5.41) is 2.83. The first-order chi connectivity index (χ1) is 5.41. The molecule has 1 aromatic heterocycles. The molecule has 1 rings (SSSR count). The van der Waals surface area contributed by atoms with Crippen molar-refractivity contribution in [3.8, 4) is 0 Å². The highest BCUT2D eigenvalue weighted by Crippen LogP contribution is 2.27. The molecule has 4 nitrogen and oxygen atoms in total. The minimum atomic E-state index is -4.69. The summed E-state index contributed by atoms with van der Waals surface area (Å²) < 4.78 is 39.1. The number of carbonyl (C=O) groups excluding carboxylic acids is 1. The third-order valence-electron chi connectivity index (χ3n) is 0.983. The number of hydrogen-bond donors (Lipinski definition) is 0. The molecule has 0 bridgehead atoms. The van der Waals surface area contributed by atoms with Gasteiger partial charge in [0.25, 0.3) is 0 Å². The van der Waals surface area contributed by atoms with E-state index in [0.717, 1.165) is 6.92 Å². The standard InChI is InChI=1S/C5H3F3N2O2/c1-2(11)3-9-4(12-10-3)5(6,7)8/h1H3. The zero-order valence-electron chi connectivity index (χ0n) is 5.84. The molecule has 66 valence electrons. The Balaban J connectivity index is 3.00. The van der Waals surface area contributed by atoms with Crippen LogP contribution in [0, 0.1) is 0 Å². The molecule has 1 heterocycles. The topological polar surface area (TPSA) is 56.0 Å². The van der Waals surface area contributed by atoms with Crippen LogP contribution in [0.25, 0.3) is 0 Å². The van der Waals surface area contributed by atoms with Gasteiger partial charge in [-0.25, -0.2) is 0 Å². The van der Waals surface area contributed by atoms with Crippen molar-refractivity contribution >= 4 is 5.78 Å². The number of aromatic nitrogens is 2. The second-order valence-corrected chi connectivity index (χ2v) is 1.98. The molecule has 0 saturated carbocycles. The lowest BCUT2D eigenvalue weighted by molar-refractivity contribution is -0.159. The van der Waals surface area contributed by atoms with Gasteiger partial charge >= 0.3 is 12.1 Å². The van der Waals surface area contributed by atoms with Crippen molar-refractivity contribution in [2.75, 3.05) is 0 Å². The molecule has 0 N–H and O–H groups in total. The van der Waals surface area contributed by atoms with Crippen LogP contribution >= 0.6 is 0 Å². The molecule has 0 aliphatic rings. The Hall–Kier alpha value is -1.40. The van der Waals surface area contributed by atoms with Gasteiger partial charge in [-0.3, -0.25) is 4.79 Å². The van der Waals surface area contributed by atoms with E-state index in [1.54, 1.807) is 0 Å². The summed E-state index contributed by atoms with van der Waals surface area (Å²) in [6.07, 6.45) is -4.69. The highest BCUT2D eigenvalue weighted by atomic mass is 19.4. The van der Waals surface area contributed by atoms with Crippen LogP contribution in [0.3, 0.4) is 0 Å². The van der Waals surface area contributed by atoms with E-state index < -0.39 is 23.7 Å². The second kappa shape index (κ2) is 2.58. The molecule has 0 fully saturated rings. The zero-order chi connectivity index (χ0) is 9.35. The third kappa shape index (κ3) is 1.60. The predicted octanol–water partition coefficient (Wildman–Crippen LogP) is 1.29. The minimum Gasteiger partial charge on any atom is -0.329 e. The van der Waals surface area contributed by atoms with Crippen LogP contribution in [0.5, 0.6) is 0 Å². The Morgan fingerprint density at radius 3 is 2.33 bits per heavy atom. The first-order valence-electron chi connectivity index (χ1n) is 2.83. The molecule has 0 spiro atoms. The van der Waals surface area contributed by atoms with Crippen LogP contribution < -0.4 is 0 Å². The third-order valence-corrected chi connectivity index (χ3v) is 0.983. The Morgan fingerprint density at radius 1 is 1.50 bits per heavy atom. The van der Waals surface area contributed by atoms with Crippen molar-refractivity contribution in [2.24, 2.45) is 0 Å². The molecule has 0 aromatic carbocycles. The average molecular weight is 180 g/mol. The normalized spacial score (nSPS) is 11.7. The molecule has 12 heavy (non-hydrogen) atoms. The van der Waals surface area contributed by atoms with Gasteiger partial charge < -0.3 is 4.52 Å². The van der Waals surface area contributed by atoms with E-state index in [0.29, 0.717) is 0 Å². The maximum Gasteiger partial charge on any atom is 0.471 e. The van der Waals surface area contributed by atoms with Gasteiger partial charge in [-0.1, -0.05) is 5.16 Å². The average Bonchev–Trinajstić information content (AvgIpc) is 2.30. The first-order valence-corrected chi connectivity index (χ1v) is 2.83. The summed E-state index contributed by atoms with van der Waals surface area (Å²) in [5.41, 5.74) is 0. The summed E-state index contributed by atoms with van der Waals surface area (Å²) in [6, 6.07) is 0. The summed E-state index contributed by atoms with van der Waals surface area (Å²) in [5.74, 6) is -2.75. The van der Waals surface area contributed by atoms with Crippen LogP contribution in [-0.4, -0.2) is 15.9 Å². The zero-order valence-corrected chi connectivity index (χ0v) is 5.84. The molecule has 1 aromatic rings. The van der Waals surface area contributed by atoms with Crippen molar-refractivity contribution < 1.29 is 22.5 Å². The first kappa shape index (κ1) is 8.69. The lowest BCUT2D eigenvalue weighted by Crippen LogP contribution is -2.06. The smallest absolute Gasteiger partial charge is 0.329 e. The molecule has 7 heteroatoms. The summed E-state index contributed by atoms with van der Waals surface area (Å²) in [6.45, 7) is 1.05. The van der Waals surface area contributed by atoms with Gasteiger partial charge in [0.05, 0.1) is 0 Å². The van der Waals surface area contributed by atoms with E-state index in [9.17, 15) is 18.0 Å². The molecule has 0 amide bonds. The highest BCUT2D eigenvalue weighted by molar-refractivity contribution is 5.89. The monoisotopic (exact) mass is 180 g/mol. The van der Waals surface area contributed by atoms with Crippen molar-refractivity contribution in [3.05, 3.63) is 11.7 Å². The van der Waals surface area contributed by atoms with Gasteiger partial charge in [0.1, 0.15) is 0 Å². The number of ketones is 1. The van der Waals surface area contributed by atoms with Crippen LogP contribution in [0.4, 0.5) is 13.2 Å². The fourth-order valence-corrected chi connectivity index (χ4v) is 0.482. The molecule has 0 aliphatic heterocycles. The van der Waals surface area contributed by atoms with Crippen LogP contribution in [-0.2, 0) is 6.18 Å². The Morgan fingerprint density at radius 2 is 2.08 bits per heavy atom. The van der Waals surface area contributed by atoms with E-state index >= 15 is 0 Å². The quantitative estimate of drug-likeness (QED) is 0.611. The summed E-state index contributed by atoms with van der Waals surface area (Å²) in [7, 11) is 0. The number of alkyl halides is 3. The van der Waals surface area contributed by atoms with Gasteiger partial charge in [0, 0.05) is 6.92 Å². The van der Waals surface area contributed by atoms with E-state index in [1.807, 2.05) is 0 Å². The Kier molecular flexibility index (Phi) is 1.87. The molecule has 0 radical (unpaired) electrons. The van der Waals surface area contributed by atoms with Gasteiger partial charge in [-0.2, -0.15) is 18.2 Å². The number of Topliss-reactive ketones (excluding diaryl/α,β-unsaturated/α-hetero) is 1. The fraction of sp³-hybridized carbons (Fsp3) is 0.400. The number of hydrogen-bond acceptors (Lipinski definition) is 4. The van der Waals surface area contributed by atoms with E-state index in [2.05, 4.69) is 14.7 Å². The van der Waals surface area contributed by atoms with Gasteiger partial charge in [-0.05, 0) is 0 Å². The van der Waals surface area contributed by atoms with E-state index in [1.165, 1.54) is 0 Å². The largest absolute Gasteiger partial charge is 0.471 e. The number of carbonyl (C=O) groups is 1. The predicted molar refractivity (Wildman–Crippen MR) is 29.3 cm³/mol. The lowest BCUT2D eigenvalue weighted by atomic mass is 10.4.